The van der Waals surface area contributed by atoms with Gasteiger partial charge in [0.05, 0.1) is 6.10 Å². The highest BCUT2D eigenvalue weighted by Crippen LogP contribution is 2.10. The predicted octanol–water partition coefficient (Wildman–Crippen LogP) is 1.65. The van der Waals surface area contributed by atoms with Crippen molar-refractivity contribution in [3.05, 3.63) is 29.3 Å². The van der Waals surface area contributed by atoms with Crippen LogP contribution in [0, 0.1) is 0 Å². The molecule has 1 saturated heterocycles. The van der Waals surface area contributed by atoms with E-state index in [2.05, 4.69) is 5.32 Å². The molecule has 2 rings (SSSR count). The first-order chi connectivity index (χ1) is 7.18. The molecule has 1 heterocycles. The molecule has 0 amide bonds. The predicted molar refractivity (Wildman–Crippen MR) is 64.0 cm³/mol. The number of anilines is 1. The maximum absolute atomic E-state index is 8.87. The first-order valence-electron chi connectivity index (χ1n) is 5.08. The van der Waals surface area contributed by atoms with E-state index in [1.54, 1.807) is 18.2 Å². The van der Waals surface area contributed by atoms with E-state index in [4.69, 9.17) is 22.4 Å². The van der Waals surface area contributed by atoms with E-state index in [9.17, 15) is 0 Å². The Morgan fingerprint density at radius 1 is 1.33 bits per heavy atom. The average Bonchev–Trinajstić information content (AvgIpc) is 2.19. The van der Waals surface area contributed by atoms with E-state index in [0.717, 1.165) is 25.9 Å². The smallest absolute Gasteiger partial charge is 0.0564 e. The van der Waals surface area contributed by atoms with Gasteiger partial charge in [0, 0.05) is 10.7 Å². The van der Waals surface area contributed by atoms with Crippen molar-refractivity contribution >= 4 is 17.3 Å². The van der Waals surface area contributed by atoms with Crippen molar-refractivity contribution in [3.8, 4) is 0 Å². The zero-order valence-electron chi connectivity index (χ0n) is 8.62. The largest absolute Gasteiger partial charge is 0.399 e. The third kappa shape index (κ3) is 5.62. The molecule has 4 N–H and O–H groups in total. The standard InChI is InChI=1S/C6H6ClN.C5H11NO/c7-5-2-1-3-6(8)4-5;7-5-1-3-6-4-2-5/h1-4H,8H2;5-7H,1-4H2. The van der Waals surface area contributed by atoms with Crippen LogP contribution in [0.15, 0.2) is 24.3 Å². The van der Waals surface area contributed by atoms with Crippen LogP contribution in [0.2, 0.25) is 5.02 Å². The molecule has 1 aliphatic rings. The molecule has 0 spiro atoms. The molecule has 0 aliphatic carbocycles. The van der Waals surface area contributed by atoms with Crippen molar-refractivity contribution in [2.75, 3.05) is 18.8 Å². The second-order valence-electron chi connectivity index (χ2n) is 3.54. The third-order valence-electron chi connectivity index (χ3n) is 2.16. The van der Waals surface area contributed by atoms with E-state index in [1.807, 2.05) is 6.07 Å². The molecule has 4 heteroatoms. The number of benzene rings is 1. The number of rotatable bonds is 0. The lowest BCUT2D eigenvalue weighted by Gasteiger charge is -2.16. The maximum Gasteiger partial charge on any atom is 0.0564 e. The SMILES string of the molecule is Nc1cccc(Cl)c1.OC1CCNCC1. The lowest BCUT2D eigenvalue weighted by molar-refractivity contribution is 0.137. The van der Waals surface area contributed by atoms with Gasteiger partial charge in [0.2, 0.25) is 0 Å². The summed E-state index contributed by atoms with van der Waals surface area (Å²) in [4.78, 5) is 0. The number of aliphatic hydroxyl groups is 1. The number of aliphatic hydroxyl groups excluding tert-OH is 1. The number of nitrogen functional groups attached to an aromatic ring is 1. The first-order valence-corrected chi connectivity index (χ1v) is 5.46. The van der Waals surface area contributed by atoms with Gasteiger partial charge in [-0.3, -0.25) is 0 Å². The molecule has 1 aromatic carbocycles. The summed E-state index contributed by atoms with van der Waals surface area (Å²) < 4.78 is 0. The van der Waals surface area contributed by atoms with Gasteiger partial charge < -0.3 is 16.2 Å². The second kappa shape index (κ2) is 6.67. The molecule has 1 fully saturated rings. The van der Waals surface area contributed by atoms with Crippen molar-refractivity contribution in [2.45, 2.75) is 18.9 Å². The number of halogens is 1. The highest BCUT2D eigenvalue weighted by Gasteiger charge is 2.06. The van der Waals surface area contributed by atoms with Gasteiger partial charge >= 0.3 is 0 Å². The summed E-state index contributed by atoms with van der Waals surface area (Å²) in [5.74, 6) is 0. The Morgan fingerprint density at radius 3 is 2.33 bits per heavy atom. The molecule has 3 nitrogen and oxygen atoms in total. The van der Waals surface area contributed by atoms with Crippen molar-refractivity contribution in [3.63, 3.8) is 0 Å². The number of hydrogen-bond acceptors (Lipinski definition) is 3. The maximum atomic E-state index is 8.87. The van der Waals surface area contributed by atoms with Crippen LogP contribution in [-0.2, 0) is 0 Å². The molecule has 0 unspecified atom stereocenters. The Hall–Kier alpha value is -0.770. The van der Waals surface area contributed by atoms with E-state index in [-0.39, 0.29) is 6.10 Å². The van der Waals surface area contributed by atoms with Crippen LogP contribution in [0.5, 0.6) is 0 Å². The average molecular weight is 229 g/mol. The lowest BCUT2D eigenvalue weighted by Crippen LogP contribution is -2.30. The highest BCUT2D eigenvalue weighted by molar-refractivity contribution is 6.30. The van der Waals surface area contributed by atoms with Crippen molar-refractivity contribution in [1.29, 1.82) is 0 Å². The van der Waals surface area contributed by atoms with E-state index in [0.29, 0.717) is 10.7 Å². The summed E-state index contributed by atoms with van der Waals surface area (Å²) >= 11 is 5.56. The number of nitrogens with one attached hydrogen (secondary N) is 1. The fourth-order valence-electron chi connectivity index (χ4n) is 1.31. The Kier molecular flexibility index (Phi) is 5.47. The van der Waals surface area contributed by atoms with Gasteiger partial charge in [0.1, 0.15) is 0 Å². The van der Waals surface area contributed by atoms with Crippen molar-refractivity contribution in [2.24, 2.45) is 0 Å². The van der Waals surface area contributed by atoms with Gasteiger partial charge in [0.15, 0.2) is 0 Å². The van der Waals surface area contributed by atoms with Crippen molar-refractivity contribution in [1.82, 2.24) is 5.32 Å². The molecule has 0 radical (unpaired) electrons. The molecule has 1 aliphatic heterocycles. The minimum absolute atomic E-state index is 0.0266. The summed E-state index contributed by atoms with van der Waals surface area (Å²) in [6.07, 6.45) is 1.83. The highest BCUT2D eigenvalue weighted by atomic mass is 35.5. The van der Waals surface area contributed by atoms with E-state index in [1.165, 1.54) is 0 Å². The molecule has 0 bridgehead atoms. The topological polar surface area (TPSA) is 58.3 Å². The number of nitrogens with two attached hydrogens (primary N) is 1. The lowest BCUT2D eigenvalue weighted by atomic mass is 10.1. The summed E-state index contributed by atoms with van der Waals surface area (Å²) in [6.45, 7) is 1.97. The van der Waals surface area contributed by atoms with Gasteiger partial charge in [-0.25, -0.2) is 0 Å². The van der Waals surface area contributed by atoms with E-state index < -0.39 is 0 Å². The fraction of sp³-hybridized carbons (Fsp3) is 0.455. The quantitative estimate of drug-likeness (QED) is 0.592. The van der Waals surface area contributed by atoms with Gasteiger partial charge in [-0.05, 0) is 44.1 Å². The van der Waals surface area contributed by atoms with Crippen LogP contribution in [0.1, 0.15) is 12.8 Å². The summed E-state index contributed by atoms with van der Waals surface area (Å²) in [6, 6.07) is 7.11. The summed E-state index contributed by atoms with van der Waals surface area (Å²) in [7, 11) is 0. The molecular formula is C11H17ClN2O. The van der Waals surface area contributed by atoms with Crippen LogP contribution < -0.4 is 11.1 Å². The zero-order chi connectivity index (χ0) is 11.1. The molecule has 1 aromatic rings. The van der Waals surface area contributed by atoms with Gasteiger partial charge in [0.25, 0.3) is 0 Å². The van der Waals surface area contributed by atoms with Crippen LogP contribution in [0.25, 0.3) is 0 Å². The Morgan fingerprint density at radius 2 is 2.00 bits per heavy atom. The Bertz CT molecular complexity index is 270. The molecule has 0 aromatic heterocycles. The fourth-order valence-corrected chi connectivity index (χ4v) is 1.51. The van der Waals surface area contributed by atoms with Crippen molar-refractivity contribution < 1.29 is 5.11 Å². The van der Waals surface area contributed by atoms with E-state index >= 15 is 0 Å². The molecule has 84 valence electrons. The zero-order valence-corrected chi connectivity index (χ0v) is 9.37. The van der Waals surface area contributed by atoms with Gasteiger partial charge in [-0.15, -0.1) is 0 Å². The third-order valence-corrected chi connectivity index (χ3v) is 2.39. The number of piperidine rings is 1. The van der Waals surface area contributed by atoms with Crippen LogP contribution >= 0.6 is 11.6 Å². The second-order valence-corrected chi connectivity index (χ2v) is 3.97. The number of hydrogen-bond donors (Lipinski definition) is 3. The first kappa shape index (κ1) is 12.3. The molecule has 0 atom stereocenters. The van der Waals surface area contributed by atoms with Gasteiger partial charge in [-0.1, -0.05) is 17.7 Å². The Balaban J connectivity index is 0.000000151. The van der Waals surface area contributed by atoms with Gasteiger partial charge in [-0.2, -0.15) is 0 Å². The molecule has 15 heavy (non-hydrogen) atoms. The summed E-state index contributed by atoms with van der Waals surface area (Å²) in [5.41, 5.74) is 6.08. The summed E-state index contributed by atoms with van der Waals surface area (Å²) in [5, 5.41) is 12.7. The normalized spacial score (nSPS) is 16.7. The minimum Gasteiger partial charge on any atom is -0.399 e. The molecular weight excluding hydrogens is 212 g/mol. The van der Waals surface area contributed by atoms with Crippen LogP contribution in [0.3, 0.4) is 0 Å². The Labute approximate surface area is 95.2 Å². The molecule has 0 saturated carbocycles. The monoisotopic (exact) mass is 228 g/mol. The minimum atomic E-state index is -0.0266. The van der Waals surface area contributed by atoms with Crippen LogP contribution in [-0.4, -0.2) is 24.3 Å². The van der Waals surface area contributed by atoms with Crippen LogP contribution in [0.4, 0.5) is 5.69 Å².